The Hall–Kier alpha value is -3.28. The number of aryl methyl sites for hydroxylation is 1. The highest BCUT2D eigenvalue weighted by Gasteiger charge is 2.22. The van der Waals surface area contributed by atoms with Gasteiger partial charge in [0.25, 0.3) is 5.91 Å². The van der Waals surface area contributed by atoms with Gasteiger partial charge in [0.05, 0.1) is 0 Å². The summed E-state index contributed by atoms with van der Waals surface area (Å²) in [6, 6.07) is 14.6. The van der Waals surface area contributed by atoms with E-state index in [4.69, 9.17) is 9.47 Å². The number of hydrogen-bond acceptors (Lipinski definition) is 4. The van der Waals surface area contributed by atoms with Gasteiger partial charge < -0.3 is 19.4 Å². The summed E-state index contributed by atoms with van der Waals surface area (Å²) in [6.45, 7) is 0.181. The van der Waals surface area contributed by atoms with E-state index in [1.54, 1.807) is 24.4 Å². The van der Waals surface area contributed by atoms with Gasteiger partial charge in [-0.25, -0.2) is 4.98 Å². The lowest BCUT2D eigenvalue weighted by Crippen LogP contribution is -2.31. The predicted octanol–water partition coefficient (Wildman–Crippen LogP) is 2.67. The first-order valence-corrected chi connectivity index (χ1v) is 7.95. The van der Waals surface area contributed by atoms with Gasteiger partial charge in [0.15, 0.2) is 11.5 Å². The van der Waals surface area contributed by atoms with Gasteiger partial charge in [0.1, 0.15) is 11.9 Å². The van der Waals surface area contributed by atoms with Crippen LogP contribution in [0.5, 0.6) is 11.5 Å². The molecule has 2 heterocycles. The molecule has 0 spiro atoms. The highest BCUT2D eigenvalue weighted by molar-refractivity contribution is 5.95. The van der Waals surface area contributed by atoms with Gasteiger partial charge in [0, 0.05) is 25.0 Å². The first kappa shape index (κ1) is 15.3. The van der Waals surface area contributed by atoms with Crippen molar-refractivity contribution in [3.8, 4) is 11.5 Å². The van der Waals surface area contributed by atoms with E-state index in [0.29, 0.717) is 17.1 Å². The summed E-state index contributed by atoms with van der Waals surface area (Å²) in [6.07, 6.45) is 3.58. The summed E-state index contributed by atoms with van der Waals surface area (Å²) < 4.78 is 12.5. The molecule has 1 aliphatic rings. The summed E-state index contributed by atoms with van der Waals surface area (Å²) in [5.74, 6) is 1.80. The minimum Gasteiger partial charge on any atom is -0.454 e. The number of aromatic nitrogens is 2. The lowest BCUT2D eigenvalue weighted by molar-refractivity contribution is 0.0940. The number of carbonyl (C=O) groups is 1. The van der Waals surface area contributed by atoms with Crippen molar-refractivity contribution >= 4 is 5.91 Å². The average Bonchev–Trinajstić information content (AvgIpc) is 3.28. The van der Waals surface area contributed by atoms with E-state index in [1.807, 2.05) is 48.1 Å². The average molecular weight is 335 g/mol. The maximum atomic E-state index is 12.8. The molecule has 4 rings (SSSR count). The van der Waals surface area contributed by atoms with Crippen molar-refractivity contribution in [2.24, 2.45) is 7.05 Å². The van der Waals surface area contributed by atoms with Gasteiger partial charge in [-0.2, -0.15) is 0 Å². The van der Waals surface area contributed by atoms with Crippen molar-refractivity contribution < 1.29 is 14.3 Å². The Bertz CT molecular complexity index is 905. The molecule has 2 aromatic carbocycles. The predicted molar refractivity (Wildman–Crippen MR) is 91.5 cm³/mol. The van der Waals surface area contributed by atoms with Crippen LogP contribution in [0.3, 0.4) is 0 Å². The number of amides is 1. The Kier molecular flexibility index (Phi) is 3.85. The molecule has 1 N–H and O–H groups in total. The molecule has 1 amide bonds. The van der Waals surface area contributed by atoms with Crippen LogP contribution < -0.4 is 14.8 Å². The summed E-state index contributed by atoms with van der Waals surface area (Å²) in [5, 5.41) is 3.07. The molecule has 0 saturated heterocycles. The fourth-order valence-corrected chi connectivity index (χ4v) is 2.85. The molecular formula is C19H17N3O3. The van der Waals surface area contributed by atoms with Gasteiger partial charge in [-0.3, -0.25) is 4.79 Å². The van der Waals surface area contributed by atoms with Crippen LogP contribution in [-0.4, -0.2) is 22.3 Å². The van der Waals surface area contributed by atoms with Crippen LogP contribution in [0.1, 0.15) is 27.8 Å². The quantitative estimate of drug-likeness (QED) is 0.796. The fraction of sp³-hybridized carbons (Fsp3) is 0.158. The lowest BCUT2D eigenvalue weighted by Gasteiger charge is -2.19. The molecule has 0 bridgehead atoms. The fourth-order valence-electron chi connectivity index (χ4n) is 2.85. The third kappa shape index (κ3) is 2.94. The molecule has 1 aromatic heterocycles. The minimum absolute atomic E-state index is 0.181. The van der Waals surface area contributed by atoms with Crippen molar-refractivity contribution in [3.63, 3.8) is 0 Å². The maximum absolute atomic E-state index is 12.8. The molecule has 25 heavy (non-hydrogen) atoms. The molecule has 0 fully saturated rings. The molecule has 0 unspecified atom stereocenters. The van der Waals surface area contributed by atoms with Crippen LogP contribution in [0.4, 0.5) is 0 Å². The zero-order valence-electron chi connectivity index (χ0n) is 13.7. The van der Waals surface area contributed by atoms with Gasteiger partial charge in [-0.15, -0.1) is 0 Å². The van der Waals surface area contributed by atoms with Crippen LogP contribution >= 0.6 is 0 Å². The monoisotopic (exact) mass is 335 g/mol. The van der Waals surface area contributed by atoms with Crippen LogP contribution in [0.25, 0.3) is 0 Å². The molecule has 126 valence electrons. The van der Waals surface area contributed by atoms with Crippen molar-refractivity contribution in [3.05, 3.63) is 77.9 Å². The van der Waals surface area contributed by atoms with Crippen LogP contribution in [0.2, 0.25) is 0 Å². The second kappa shape index (κ2) is 6.32. The van der Waals surface area contributed by atoms with Crippen molar-refractivity contribution in [1.29, 1.82) is 0 Å². The topological polar surface area (TPSA) is 65.4 Å². The molecule has 1 aliphatic heterocycles. The standard InChI is InChI=1S/C19H17N3O3/c1-22-10-9-20-18(22)17(13-5-3-2-4-6-13)21-19(23)14-7-8-15-16(11-14)25-12-24-15/h2-11,17H,12H2,1H3,(H,21,23)/t17-/m1/s1. The van der Waals surface area contributed by atoms with Crippen molar-refractivity contribution in [2.75, 3.05) is 6.79 Å². The molecule has 3 aromatic rings. The van der Waals surface area contributed by atoms with Gasteiger partial charge in [-0.05, 0) is 23.8 Å². The Morgan fingerprint density at radius 2 is 1.96 bits per heavy atom. The number of nitrogens with zero attached hydrogens (tertiary/aromatic N) is 2. The Morgan fingerprint density at radius 3 is 2.72 bits per heavy atom. The Labute approximate surface area is 145 Å². The van der Waals surface area contributed by atoms with Gasteiger partial charge in [0.2, 0.25) is 6.79 Å². The van der Waals surface area contributed by atoms with Crippen LogP contribution in [0.15, 0.2) is 60.9 Å². The maximum Gasteiger partial charge on any atom is 0.252 e. The molecule has 1 atom stereocenters. The Balaban J connectivity index is 1.65. The van der Waals surface area contributed by atoms with E-state index in [9.17, 15) is 4.79 Å². The number of benzene rings is 2. The second-order valence-electron chi connectivity index (χ2n) is 5.78. The SMILES string of the molecule is Cn1ccnc1[C@H](NC(=O)c1ccc2c(c1)OCO2)c1ccccc1. The molecule has 0 radical (unpaired) electrons. The molecule has 0 aliphatic carbocycles. The highest BCUT2D eigenvalue weighted by atomic mass is 16.7. The van der Waals surface area contributed by atoms with Gasteiger partial charge in [-0.1, -0.05) is 30.3 Å². The largest absolute Gasteiger partial charge is 0.454 e. The van der Waals surface area contributed by atoms with E-state index in [1.165, 1.54) is 0 Å². The Morgan fingerprint density at radius 1 is 1.16 bits per heavy atom. The number of ether oxygens (including phenoxy) is 2. The van der Waals surface area contributed by atoms with E-state index in [2.05, 4.69) is 10.3 Å². The molecule has 0 saturated carbocycles. The van der Waals surface area contributed by atoms with Crippen molar-refractivity contribution in [2.45, 2.75) is 6.04 Å². The lowest BCUT2D eigenvalue weighted by atomic mass is 10.1. The van der Waals surface area contributed by atoms with Gasteiger partial charge >= 0.3 is 0 Å². The first-order valence-electron chi connectivity index (χ1n) is 7.95. The number of rotatable bonds is 4. The number of imidazole rings is 1. The van der Waals surface area contributed by atoms with Crippen LogP contribution in [-0.2, 0) is 7.05 Å². The normalized spacial score (nSPS) is 13.5. The van der Waals surface area contributed by atoms with Crippen LogP contribution in [0, 0.1) is 0 Å². The summed E-state index contributed by atoms with van der Waals surface area (Å²) in [5.41, 5.74) is 1.48. The van der Waals surface area contributed by atoms with E-state index < -0.39 is 0 Å². The number of hydrogen-bond donors (Lipinski definition) is 1. The number of carbonyl (C=O) groups excluding carboxylic acids is 1. The molecular weight excluding hydrogens is 318 g/mol. The van der Waals surface area contributed by atoms with Crippen molar-refractivity contribution in [1.82, 2.24) is 14.9 Å². The smallest absolute Gasteiger partial charge is 0.252 e. The summed E-state index contributed by atoms with van der Waals surface area (Å²) >= 11 is 0. The zero-order valence-corrected chi connectivity index (χ0v) is 13.7. The minimum atomic E-state index is -0.348. The van der Waals surface area contributed by atoms with E-state index in [0.717, 1.165) is 11.4 Å². The molecule has 6 nitrogen and oxygen atoms in total. The summed E-state index contributed by atoms with van der Waals surface area (Å²) in [4.78, 5) is 17.2. The van der Waals surface area contributed by atoms with E-state index >= 15 is 0 Å². The van der Waals surface area contributed by atoms with E-state index in [-0.39, 0.29) is 18.7 Å². The molecule has 6 heteroatoms. The zero-order chi connectivity index (χ0) is 17.2. The summed E-state index contributed by atoms with van der Waals surface area (Å²) in [7, 11) is 1.91. The highest BCUT2D eigenvalue weighted by Crippen LogP contribution is 2.32. The third-order valence-corrected chi connectivity index (χ3v) is 4.16. The number of fused-ring (bicyclic) bond motifs is 1. The first-order chi connectivity index (χ1) is 12.2. The second-order valence-corrected chi connectivity index (χ2v) is 5.78. The number of nitrogens with one attached hydrogen (secondary N) is 1. The third-order valence-electron chi connectivity index (χ3n) is 4.16.